The third kappa shape index (κ3) is 4.49. The van der Waals surface area contributed by atoms with Crippen molar-refractivity contribution >= 4 is 24.0 Å². The molecule has 19 heavy (non-hydrogen) atoms. The number of amides is 1. The van der Waals surface area contributed by atoms with Crippen LogP contribution in [0.5, 0.6) is 0 Å². The van der Waals surface area contributed by atoms with Gasteiger partial charge in [-0.25, -0.2) is 0 Å². The predicted octanol–water partition coefficient (Wildman–Crippen LogP) is 2.46. The van der Waals surface area contributed by atoms with Gasteiger partial charge in [0.15, 0.2) is 0 Å². The molecule has 0 bridgehead atoms. The van der Waals surface area contributed by atoms with Crippen LogP contribution in [0.2, 0.25) is 0 Å². The Bertz CT molecular complexity index is 428. The first kappa shape index (κ1) is 16.0. The van der Waals surface area contributed by atoms with E-state index in [1.54, 1.807) is 0 Å². The number of nitrogens with one attached hydrogen (secondary N) is 1. The van der Waals surface area contributed by atoms with Gasteiger partial charge in [-0.2, -0.15) is 0 Å². The zero-order chi connectivity index (χ0) is 13.2. The maximum Gasteiger partial charge on any atom is 0.244 e. The second kappa shape index (κ2) is 6.37. The van der Waals surface area contributed by atoms with Gasteiger partial charge in [0.25, 0.3) is 0 Å². The van der Waals surface area contributed by atoms with Crippen LogP contribution in [0.25, 0.3) is 0 Å². The van der Waals surface area contributed by atoms with E-state index < -0.39 is 5.54 Å². The van der Waals surface area contributed by atoms with Gasteiger partial charge in [-0.3, -0.25) is 4.79 Å². The molecule has 1 fully saturated rings. The number of hydrogen-bond acceptors (Lipinski definition) is 3. The standard InChI is InChI=1S/C14H20N2O2.ClH/c1-10(2)18-9-11-3-5-12(6-4-11)16-13(17)14(15)7-8-14;/h3-6,10H,7-9,15H2,1-2H3,(H,16,17);1H. The van der Waals surface area contributed by atoms with E-state index in [0.29, 0.717) is 6.61 Å². The fourth-order valence-corrected chi connectivity index (χ4v) is 1.56. The number of rotatable bonds is 5. The van der Waals surface area contributed by atoms with Crippen LogP contribution in [0, 0.1) is 0 Å². The van der Waals surface area contributed by atoms with Crippen molar-refractivity contribution < 1.29 is 9.53 Å². The molecule has 2 rings (SSSR count). The normalized spacial score (nSPS) is 15.8. The first-order chi connectivity index (χ1) is 8.49. The van der Waals surface area contributed by atoms with Crippen molar-refractivity contribution in [1.82, 2.24) is 0 Å². The lowest BCUT2D eigenvalue weighted by molar-refractivity contribution is -0.118. The number of anilines is 1. The first-order valence-electron chi connectivity index (χ1n) is 6.30. The van der Waals surface area contributed by atoms with Crippen molar-refractivity contribution in [3.05, 3.63) is 29.8 Å². The summed E-state index contributed by atoms with van der Waals surface area (Å²) in [5, 5.41) is 2.83. The molecule has 0 radical (unpaired) electrons. The molecule has 3 N–H and O–H groups in total. The summed E-state index contributed by atoms with van der Waals surface area (Å²) in [6.07, 6.45) is 1.77. The SMILES string of the molecule is CC(C)OCc1ccc(NC(=O)C2(N)CC2)cc1.Cl. The molecule has 0 atom stereocenters. The Morgan fingerprint density at radius 1 is 1.37 bits per heavy atom. The van der Waals surface area contributed by atoms with Crippen LogP contribution >= 0.6 is 12.4 Å². The third-order valence-electron chi connectivity index (χ3n) is 3.04. The second-order valence-corrected chi connectivity index (χ2v) is 5.17. The summed E-state index contributed by atoms with van der Waals surface area (Å²) in [5.41, 5.74) is 7.07. The maximum absolute atomic E-state index is 11.7. The van der Waals surface area contributed by atoms with E-state index in [9.17, 15) is 4.79 Å². The van der Waals surface area contributed by atoms with Gasteiger partial charge in [-0.05, 0) is 44.4 Å². The summed E-state index contributed by atoms with van der Waals surface area (Å²) in [5.74, 6) is -0.0892. The number of halogens is 1. The number of benzene rings is 1. The molecule has 1 aliphatic rings. The van der Waals surface area contributed by atoms with E-state index in [4.69, 9.17) is 10.5 Å². The highest BCUT2D eigenvalue weighted by atomic mass is 35.5. The molecule has 0 spiro atoms. The molecule has 1 amide bonds. The minimum absolute atomic E-state index is 0. The van der Waals surface area contributed by atoms with Gasteiger partial charge in [-0.1, -0.05) is 12.1 Å². The minimum atomic E-state index is -0.626. The number of carbonyl (C=O) groups is 1. The lowest BCUT2D eigenvalue weighted by Crippen LogP contribution is -2.37. The molecule has 0 saturated heterocycles. The van der Waals surface area contributed by atoms with E-state index in [0.717, 1.165) is 24.1 Å². The van der Waals surface area contributed by atoms with Crippen LogP contribution in [-0.2, 0) is 16.1 Å². The van der Waals surface area contributed by atoms with Crippen molar-refractivity contribution in [2.24, 2.45) is 5.73 Å². The summed E-state index contributed by atoms with van der Waals surface area (Å²) >= 11 is 0. The van der Waals surface area contributed by atoms with Crippen LogP contribution in [0.15, 0.2) is 24.3 Å². The van der Waals surface area contributed by atoms with Gasteiger partial charge >= 0.3 is 0 Å². The number of carbonyl (C=O) groups excluding carboxylic acids is 1. The molecule has 1 saturated carbocycles. The highest BCUT2D eigenvalue weighted by Crippen LogP contribution is 2.33. The van der Waals surface area contributed by atoms with E-state index in [1.807, 2.05) is 38.1 Å². The van der Waals surface area contributed by atoms with Gasteiger partial charge in [0.05, 0.1) is 18.2 Å². The quantitative estimate of drug-likeness (QED) is 0.873. The topological polar surface area (TPSA) is 64.3 Å². The van der Waals surface area contributed by atoms with Crippen molar-refractivity contribution in [3.63, 3.8) is 0 Å². The molecule has 5 heteroatoms. The Balaban J connectivity index is 0.00000180. The molecule has 1 aliphatic carbocycles. The molecule has 4 nitrogen and oxygen atoms in total. The average molecular weight is 285 g/mol. The Kier molecular flexibility index (Phi) is 5.35. The van der Waals surface area contributed by atoms with Crippen LogP contribution in [0.1, 0.15) is 32.3 Å². The molecule has 0 unspecified atom stereocenters. The van der Waals surface area contributed by atoms with E-state index >= 15 is 0 Å². The van der Waals surface area contributed by atoms with Crippen LogP contribution in [0.4, 0.5) is 5.69 Å². The van der Waals surface area contributed by atoms with Gasteiger partial charge in [0.1, 0.15) is 0 Å². The Labute approximate surface area is 120 Å². The Morgan fingerprint density at radius 3 is 2.42 bits per heavy atom. The van der Waals surface area contributed by atoms with E-state index in [1.165, 1.54) is 0 Å². The van der Waals surface area contributed by atoms with E-state index in [-0.39, 0.29) is 24.4 Å². The highest BCUT2D eigenvalue weighted by molar-refractivity contribution is 6.00. The molecule has 1 aromatic rings. The van der Waals surface area contributed by atoms with Crippen LogP contribution in [0.3, 0.4) is 0 Å². The minimum Gasteiger partial charge on any atom is -0.374 e. The van der Waals surface area contributed by atoms with Crippen molar-refractivity contribution in [2.75, 3.05) is 5.32 Å². The highest BCUT2D eigenvalue weighted by Gasteiger charge is 2.45. The lowest BCUT2D eigenvalue weighted by atomic mass is 10.2. The van der Waals surface area contributed by atoms with Gasteiger partial charge < -0.3 is 15.8 Å². The third-order valence-corrected chi connectivity index (χ3v) is 3.04. The number of ether oxygens (including phenoxy) is 1. The second-order valence-electron chi connectivity index (χ2n) is 5.17. The smallest absolute Gasteiger partial charge is 0.244 e. The summed E-state index contributed by atoms with van der Waals surface area (Å²) in [7, 11) is 0. The fourth-order valence-electron chi connectivity index (χ4n) is 1.56. The molecule has 0 aliphatic heterocycles. The monoisotopic (exact) mass is 284 g/mol. The van der Waals surface area contributed by atoms with Crippen LogP contribution in [-0.4, -0.2) is 17.6 Å². The molecule has 0 heterocycles. The molecule has 106 valence electrons. The van der Waals surface area contributed by atoms with E-state index in [2.05, 4.69) is 5.32 Å². The molecular formula is C14H21ClN2O2. The zero-order valence-electron chi connectivity index (χ0n) is 11.3. The van der Waals surface area contributed by atoms with Crippen molar-refractivity contribution in [3.8, 4) is 0 Å². The first-order valence-corrected chi connectivity index (χ1v) is 6.30. The lowest BCUT2D eigenvalue weighted by Gasteiger charge is -2.11. The van der Waals surface area contributed by atoms with Gasteiger partial charge in [0, 0.05) is 5.69 Å². The Hall–Kier alpha value is -1.10. The Morgan fingerprint density at radius 2 is 1.95 bits per heavy atom. The summed E-state index contributed by atoms with van der Waals surface area (Å²) in [6, 6.07) is 7.66. The number of hydrogen-bond donors (Lipinski definition) is 2. The van der Waals surface area contributed by atoms with Crippen molar-refractivity contribution in [1.29, 1.82) is 0 Å². The average Bonchev–Trinajstić information content (AvgIpc) is 3.08. The van der Waals surface area contributed by atoms with Crippen LogP contribution < -0.4 is 11.1 Å². The molecule has 0 aromatic heterocycles. The summed E-state index contributed by atoms with van der Waals surface area (Å²) < 4.78 is 5.51. The predicted molar refractivity (Wildman–Crippen MR) is 78.4 cm³/mol. The fraction of sp³-hybridized carbons (Fsp3) is 0.500. The maximum atomic E-state index is 11.7. The summed E-state index contributed by atoms with van der Waals surface area (Å²) in [6.45, 7) is 4.60. The van der Waals surface area contributed by atoms with Gasteiger partial charge in [0.2, 0.25) is 5.91 Å². The largest absolute Gasteiger partial charge is 0.374 e. The molecular weight excluding hydrogens is 264 g/mol. The van der Waals surface area contributed by atoms with Gasteiger partial charge in [-0.15, -0.1) is 12.4 Å². The summed E-state index contributed by atoms with van der Waals surface area (Å²) in [4.78, 5) is 11.7. The zero-order valence-corrected chi connectivity index (χ0v) is 12.1. The number of nitrogens with two attached hydrogens (primary N) is 1. The molecule has 1 aromatic carbocycles. The van der Waals surface area contributed by atoms with Crippen molar-refractivity contribution in [2.45, 2.75) is 44.9 Å².